The normalized spacial score (nSPS) is 15.8. The minimum absolute atomic E-state index is 0.0392. The van der Waals surface area contributed by atoms with Crippen molar-refractivity contribution in [1.29, 1.82) is 0 Å². The van der Waals surface area contributed by atoms with E-state index in [0.717, 1.165) is 59.7 Å². The van der Waals surface area contributed by atoms with Gasteiger partial charge in [0.2, 0.25) is 5.91 Å². The molecule has 3 aromatic rings. The number of aryl methyl sites for hydroxylation is 2. The number of primary amides is 1. The fraction of sp³-hybridized carbons (Fsp3) is 0.458. The minimum atomic E-state index is -0.327. The van der Waals surface area contributed by atoms with Gasteiger partial charge in [0, 0.05) is 28.3 Å². The molecule has 164 valence electrons. The number of nitrogens with two attached hydrogens (primary N) is 1. The number of aromatic nitrogens is 3. The Bertz CT molecular complexity index is 1110. The van der Waals surface area contributed by atoms with Crippen LogP contribution in [0.15, 0.2) is 18.3 Å². The maximum absolute atomic E-state index is 15.9. The fourth-order valence-corrected chi connectivity index (χ4v) is 4.84. The first-order valence-electron chi connectivity index (χ1n) is 10.9. The summed E-state index contributed by atoms with van der Waals surface area (Å²) in [6, 6.07) is 4.06. The summed E-state index contributed by atoms with van der Waals surface area (Å²) in [4.78, 5) is 25.6. The number of likely N-dealkylation sites (tertiary alicyclic amines) is 1. The van der Waals surface area contributed by atoms with Crippen LogP contribution in [0.5, 0.6) is 0 Å². The third kappa shape index (κ3) is 4.19. The second kappa shape index (κ2) is 8.38. The van der Waals surface area contributed by atoms with Crippen LogP contribution in [-0.4, -0.2) is 45.4 Å². The quantitative estimate of drug-likeness (QED) is 0.645. The highest BCUT2D eigenvalue weighted by molar-refractivity contribution is 5.92. The fourth-order valence-electron chi connectivity index (χ4n) is 4.84. The highest BCUT2D eigenvalue weighted by atomic mass is 19.1. The van der Waals surface area contributed by atoms with E-state index >= 15 is 4.39 Å². The second-order valence-corrected chi connectivity index (χ2v) is 8.97. The number of aromatic amines is 1. The predicted molar refractivity (Wildman–Crippen MR) is 120 cm³/mol. The van der Waals surface area contributed by atoms with Crippen molar-refractivity contribution in [2.24, 2.45) is 5.73 Å². The smallest absolute Gasteiger partial charge is 0.231 e. The van der Waals surface area contributed by atoms with Crippen LogP contribution < -0.4 is 5.73 Å². The number of carbonyl (C=O) groups excluding carboxylic acids is 1. The Morgan fingerprint density at radius 3 is 2.48 bits per heavy atom. The van der Waals surface area contributed by atoms with Gasteiger partial charge in [-0.05, 0) is 63.4 Å². The van der Waals surface area contributed by atoms with E-state index in [0.29, 0.717) is 11.1 Å². The summed E-state index contributed by atoms with van der Waals surface area (Å²) in [6.07, 6.45) is 3.29. The molecule has 0 bridgehead atoms. The summed E-state index contributed by atoms with van der Waals surface area (Å²) in [5.41, 5.74) is 11.4. The highest BCUT2D eigenvalue weighted by Crippen LogP contribution is 2.39. The van der Waals surface area contributed by atoms with Crippen LogP contribution in [-0.2, 0) is 4.79 Å². The molecule has 7 heteroatoms. The average Bonchev–Trinajstić information content (AvgIpc) is 3.09. The van der Waals surface area contributed by atoms with Crippen LogP contribution in [0, 0.1) is 19.7 Å². The number of rotatable bonds is 5. The minimum Gasteiger partial charge on any atom is -0.369 e. The van der Waals surface area contributed by atoms with Crippen molar-refractivity contribution in [2.45, 2.75) is 52.4 Å². The van der Waals surface area contributed by atoms with Gasteiger partial charge in [0.25, 0.3) is 0 Å². The van der Waals surface area contributed by atoms with Crippen molar-refractivity contribution in [2.75, 3.05) is 19.6 Å². The molecule has 4 rings (SSSR count). The summed E-state index contributed by atoms with van der Waals surface area (Å²) in [5.74, 6) is -0.372. The van der Waals surface area contributed by atoms with E-state index in [1.807, 2.05) is 30.9 Å². The third-order valence-corrected chi connectivity index (χ3v) is 6.15. The number of hydrogen-bond donors (Lipinski definition) is 2. The lowest BCUT2D eigenvalue weighted by molar-refractivity contribution is -0.119. The molecule has 1 aliphatic rings. The SMILES string of the molecule is Cc1cc(-c2[nH]c3cnc(C4CCN(CC(N)=O)CC4)c(F)c3c2C(C)C)cc(C)n1. The zero-order chi connectivity index (χ0) is 22.3. The molecule has 31 heavy (non-hydrogen) atoms. The summed E-state index contributed by atoms with van der Waals surface area (Å²) in [7, 11) is 0. The number of nitrogens with one attached hydrogen (secondary N) is 1. The number of H-pyrrole nitrogens is 1. The maximum Gasteiger partial charge on any atom is 0.231 e. The van der Waals surface area contributed by atoms with Gasteiger partial charge in [0.05, 0.1) is 29.6 Å². The van der Waals surface area contributed by atoms with Crippen LogP contribution in [0.4, 0.5) is 4.39 Å². The van der Waals surface area contributed by atoms with Crippen LogP contribution in [0.25, 0.3) is 22.2 Å². The van der Waals surface area contributed by atoms with Crippen LogP contribution >= 0.6 is 0 Å². The topological polar surface area (TPSA) is 87.9 Å². The van der Waals surface area contributed by atoms with E-state index in [2.05, 4.69) is 28.8 Å². The largest absolute Gasteiger partial charge is 0.369 e. The molecule has 0 radical (unpaired) electrons. The predicted octanol–water partition coefficient (Wildman–Crippen LogP) is 4.17. The van der Waals surface area contributed by atoms with Gasteiger partial charge in [0.15, 0.2) is 5.82 Å². The molecular formula is C24H30FN5O. The Hall–Kier alpha value is -2.80. The van der Waals surface area contributed by atoms with Gasteiger partial charge < -0.3 is 10.7 Å². The standard InChI is InChI=1S/C24H30FN5O/c1-13(2)20-21-18(29-23(20)17-9-14(3)28-15(4)10-17)11-27-24(22(21)25)16-5-7-30(8-6-16)12-19(26)31/h9-11,13,16,29H,5-8,12H2,1-4H3,(H2,26,31). The van der Waals surface area contributed by atoms with Gasteiger partial charge in [-0.1, -0.05) is 13.8 Å². The number of nitrogens with zero attached hydrogens (tertiary/aromatic N) is 3. The molecule has 3 N–H and O–H groups in total. The Morgan fingerprint density at radius 2 is 1.90 bits per heavy atom. The van der Waals surface area contributed by atoms with Crippen molar-refractivity contribution < 1.29 is 9.18 Å². The molecule has 1 fully saturated rings. The molecule has 0 aliphatic carbocycles. The van der Waals surface area contributed by atoms with Crippen molar-refractivity contribution in [3.8, 4) is 11.3 Å². The number of carbonyl (C=O) groups is 1. The summed E-state index contributed by atoms with van der Waals surface area (Å²) in [6.45, 7) is 9.82. The molecule has 1 saturated heterocycles. The lowest BCUT2D eigenvalue weighted by Gasteiger charge is -2.30. The molecular weight excluding hydrogens is 393 g/mol. The second-order valence-electron chi connectivity index (χ2n) is 8.97. The van der Waals surface area contributed by atoms with Crippen LogP contribution in [0.1, 0.15) is 61.2 Å². The third-order valence-electron chi connectivity index (χ3n) is 6.15. The zero-order valence-electron chi connectivity index (χ0n) is 18.6. The van der Waals surface area contributed by atoms with Crippen LogP contribution in [0.2, 0.25) is 0 Å². The number of halogens is 1. The number of fused-ring (bicyclic) bond motifs is 1. The van der Waals surface area contributed by atoms with Gasteiger partial charge in [0.1, 0.15) is 0 Å². The molecule has 0 aromatic carbocycles. The van der Waals surface area contributed by atoms with Gasteiger partial charge in [-0.2, -0.15) is 0 Å². The Labute approximate surface area is 182 Å². The zero-order valence-corrected chi connectivity index (χ0v) is 18.6. The van der Waals surface area contributed by atoms with Gasteiger partial charge in [-0.25, -0.2) is 4.39 Å². The maximum atomic E-state index is 15.9. The number of piperidine rings is 1. The lowest BCUT2D eigenvalue weighted by Crippen LogP contribution is -2.39. The van der Waals surface area contributed by atoms with E-state index in [9.17, 15) is 4.79 Å². The van der Waals surface area contributed by atoms with E-state index < -0.39 is 0 Å². The summed E-state index contributed by atoms with van der Waals surface area (Å²) >= 11 is 0. The molecule has 0 spiro atoms. The molecule has 4 heterocycles. The molecule has 3 aromatic heterocycles. The lowest BCUT2D eigenvalue weighted by atomic mass is 9.90. The Morgan fingerprint density at radius 1 is 1.26 bits per heavy atom. The Balaban J connectivity index is 1.76. The van der Waals surface area contributed by atoms with E-state index in [1.165, 1.54) is 0 Å². The Kier molecular flexibility index (Phi) is 5.79. The van der Waals surface area contributed by atoms with Crippen molar-refractivity contribution in [1.82, 2.24) is 19.9 Å². The first-order valence-corrected chi connectivity index (χ1v) is 10.9. The average molecular weight is 424 g/mol. The van der Waals surface area contributed by atoms with Gasteiger partial charge >= 0.3 is 0 Å². The van der Waals surface area contributed by atoms with Crippen molar-refractivity contribution >= 4 is 16.8 Å². The van der Waals surface area contributed by atoms with Crippen molar-refractivity contribution in [3.63, 3.8) is 0 Å². The number of pyridine rings is 2. The first-order chi connectivity index (χ1) is 14.7. The van der Waals surface area contributed by atoms with E-state index in [4.69, 9.17) is 5.73 Å². The van der Waals surface area contributed by atoms with Gasteiger partial charge in [-0.3, -0.25) is 19.7 Å². The molecule has 1 amide bonds. The van der Waals surface area contributed by atoms with E-state index in [-0.39, 0.29) is 30.1 Å². The molecule has 0 atom stereocenters. The first kappa shape index (κ1) is 21.4. The monoisotopic (exact) mass is 423 g/mol. The van der Waals surface area contributed by atoms with Crippen LogP contribution in [0.3, 0.4) is 0 Å². The number of hydrogen-bond acceptors (Lipinski definition) is 4. The summed E-state index contributed by atoms with van der Waals surface area (Å²) < 4.78 is 15.9. The summed E-state index contributed by atoms with van der Waals surface area (Å²) in [5, 5.41) is 0.640. The highest BCUT2D eigenvalue weighted by Gasteiger charge is 2.28. The molecule has 1 aliphatic heterocycles. The number of amides is 1. The molecule has 0 saturated carbocycles. The van der Waals surface area contributed by atoms with Crippen molar-refractivity contribution in [3.05, 3.63) is 46.8 Å². The molecule has 6 nitrogen and oxygen atoms in total. The van der Waals surface area contributed by atoms with E-state index in [1.54, 1.807) is 6.20 Å². The van der Waals surface area contributed by atoms with Gasteiger partial charge in [-0.15, -0.1) is 0 Å². The molecule has 0 unspecified atom stereocenters.